The van der Waals surface area contributed by atoms with Crippen LogP contribution in [0.15, 0.2) is 35.7 Å². The molecule has 2 fully saturated rings. The van der Waals surface area contributed by atoms with E-state index in [1.54, 1.807) is 0 Å². The standard InChI is InChI=1S/C21H26N2O3S/c1-2-25-18-7-3-4-8-19(18)26-14-16-12-20(27-15-16)21(24)23-11-10-22-9-5-6-17(22)13-23/h3-4,7-8,12,15,17H,2,5-6,9-11,13-14H2,1H3. The van der Waals surface area contributed by atoms with Crippen LogP contribution in [0.3, 0.4) is 0 Å². The van der Waals surface area contributed by atoms with Gasteiger partial charge in [0.2, 0.25) is 0 Å². The van der Waals surface area contributed by atoms with E-state index >= 15 is 0 Å². The normalized spacial score (nSPS) is 19.7. The first kappa shape index (κ1) is 18.3. The van der Waals surface area contributed by atoms with E-state index in [4.69, 9.17) is 9.47 Å². The number of hydrogen-bond acceptors (Lipinski definition) is 5. The van der Waals surface area contributed by atoms with Crippen LogP contribution in [0.5, 0.6) is 11.5 Å². The molecule has 1 unspecified atom stereocenters. The van der Waals surface area contributed by atoms with Crippen molar-refractivity contribution >= 4 is 17.2 Å². The molecular formula is C21H26N2O3S. The maximum atomic E-state index is 12.9. The highest BCUT2D eigenvalue weighted by Crippen LogP contribution is 2.28. The number of rotatable bonds is 6. The van der Waals surface area contributed by atoms with Crippen LogP contribution in [0.2, 0.25) is 0 Å². The molecule has 1 amide bonds. The molecule has 3 heterocycles. The van der Waals surface area contributed by atoms with Crippen molar-refractivity contribution in [1.29, 1.82) is 0 Å². The number of carbonyl (C=O) groups excluding carboxylic acids is 1. The van der Waals surface area contributed by atoms with Crippen molar-refractivity contribution in [2.75, 3.05) is 32.8 Å². The fraction of sp³-hybridized carbons (Fsp3) is 0.476. The van der Waals surface area contributed by atoms with E-state index in [1.807, 2.05) is 47.5 Å². The van der Waals surface area contributed by atoms with E-state index in [9.17, 15) is 4.79 Å². The summed E-state index contributed by atoms with van der Waals surface area (Å²) < 4.78 is 11.5. The van der Waals surface area contributed by atoms with Crippen molar-refractivity contribution in [2.24, 2.45) is 0 Å². The van der Waals surface area contributed by atoms with E-state index in [2.05, 4.69) is 4.90 Å². The molecule has 0 N–H and O–H groups in total. The summed E-state index contributed by atoms with van der Waals surface area (Å²) in [4.78, 5) is 18.2. The Morgan fingerprint density at radius 1 is 1.19 bits per heavy atom. The Bertz CT molecular complexity index is 791. The Morgan fingerprint density at radius 3 is 2.81 bits per heavy atom. The predicted octanol–water partition coefficient (Wildman–Crippen LogP) is 3.65. The summed E-state index contributed by atoms with van der Waals surface area (Å²) in [5.74, 6) is 1.64. The highest BCUT2D eigenvalue weighted by Gasteiger charge is 2.33. The number of ether oxygens (including phenoxy) is 2. The second kappa shape index (κ2) is 8.31. The fourth-order valence-corrected chi connectivity index (χ4v) is 4.76. The van der Waals surface area contributed by atoms with Crippen molar-refractivity contribution in [3.63, 3.8) is 0 Å². The third-order valence-electron chi connectivity index (χ3n) is 5.28. The van der Waals surface area contributed by atoms with Crippen molar-refractivity contribution in [3.8, 4) is 11.5 Å². The number of piperazine rings is 1. The topological polar surface area (TPSA) is 42.0 Å². The number of para-hydroxylation sites is 2. The maximum absolute atomic E-state index is 12.9. The quantitative estimate of drug-likeness (QED) is 0.760. The van der Waals surface area contributed by atoms with Crippen LogP contribution in [0.25, 0.3) is 0 Å². The Hall–Kier alpha value is -2.05. The first-order valence-electron chi connectivity index (χ1n) is 9.70. The lowest BCUT2D eigenvalue weighted by molar-refractivity contribution is 0.0576. The predicted molar refractivity (Wildman–Crippen MR) is 107 cm³/mol. The Kier molecular flexibility index (Phi) is 5.64. The molecule has 1 aromatic heterocycles. The smallest absolute Gasteiger partial charge is 0.264 e. The van der Waals surface area contributed by atoms with Gasteiger partial charge in [0.05, 0.1) is 11.5 Å². The molecule has 144 valence electrons. The van der Waals surface area contributed by atoms with Gasteiger partial charge in [0, 0.05) is 31.2 Å². The van der Waals surface area contributed by atoms with Crippen LogP contribution in [0.4, 0.5) is 0 Å². The summed E-state index contributed by atoms with van der Waals surface area (Å²) in [6.45, 7) is 6.89. The molecular weight excluding hydrogens is 360 g/mol. The average Bonchev–Trinajstić information content (AvgIpc) is 3.36. The molecule has 5 nitrogen and oxygen atoms in total. The zero-order valence-corrected chi connectivity index (χ0v) is 16.5. The van der Waals surface area contributed by atoms with Gasteiger partial charge in [-0.05, 0) is 49.9 Å². The summed E-state index contributed by atoms with van der Waals surface area (Å²) in [7, 11) is 0. The number of amides is 1. The van der Waals surface area contributed by atoms with Gasteiger partial charge in [-0.1, -0.05) is 12.1 Å². The Labute approximate surface area is 164 Å². The van der Waals surface area contributed by atoms with E-state index in [-0.39, 0.29) is 5.91 Å². The van der Waals surface area contributed by atoms with Gasteiger partial charge in [-0.25, -0.2) is 0 Å². The highest BCUT2D eigenvalue weighted by atomic mass is 32.1. The lowest BCUT2D eigenvalue weighted by Crippen LogP contribution is -2.51. The maximum Gasteiger partial charge on any atom is 0.264 e. The molecule has 4 rings (SSSR count). The molecule has 6 heteroatoms. The molecule has 0 aliphatic carbocycles. The number of carbonyl (C=O) groups is 1. The number of hydrogen-bond donors (Lipinski definition) is 0. The molecule has 0 radical (unpaired) electrons. The Morgan fingerprint density at radius 2 is 2.00 bits per heavy atom. The number of benzene rings is 1. The van der Waals surface area contributed by atoms with Crippen LogP contribution < -0.4 is 9.47 Å². The highest BCUT2D eigenvalue weighted by molar-refractivity contribution is 7.12. The Balaban J connectivity index is 1.36. The van der Waals surface area contributed by atoms with Gasteiger partial charge in [-0.2, -0.15) is 0 Å². The third kappa shape index (κ3) is 4.12. The average molecular weight is 387 g/mol. The minimum absolute atomic E-state index is 0.160. The van der Waals surface area contributed by atoms with Crippen LogP contribution in [-0.2, 0) is 6.61 Å². The van der Waals surface area contributed by atoms with Crippen LogP contribution in [0, 0.1) is 0 Å². The van der Waals surface area contributed by atoms with E-state index in [0.29, 0.717) is 19.3 Å². The summed E-state index contributed by atoms with van der Waals surface area (Å²) in [6, 6.07) is 10.2. The first-order valence-corrected chi connectivity index (χ1v) is 10.6. The number of fused-ring (bicyclic) bond motifs is 1. The lowest BCUT2D eigenvalue weighted by atomic mass is 10.1. The zero-order chi connectivity index (χ0) is 18.6. The molecule has 2 aromatic rings. The molecule has 2 aliphatic heterocycles. The van der Waals surface area contributed by atoms with Crippen LogP contribution in [0.1, 0.15) is 35.0 Å². The van der Waals surface area contributed by atoms with Crippen molar-refractivity contribution in [2.45, 2.75) is 32.4 Å². The molecule has 2 saturated heterocycles. The van der Waals surface area contributed by atoms with E-state index in [0.717, 1.165) is 41.6 Å². The van der Waals surface area contributed by atoms with Crippen molar-refractivity contribution < 1.29 is 14.3 Å². The zero-order valence-electron chi connectivity index (χ0n) is 15.7. The van der Waals surface area contributed by atoms with Gasteiger partial charge in [-0.15, -0.1) is 11.3 Å². The van der Waals surface area contributed by atoms with Crippen LogP contribution in [-0.4, -0.2) is 54.5 Å². The number of thiophene rings is 1. The van der Waals surface area contributed by atoms with Crippen molar-refractivity contribution in [3.05, 3.63) is 46.2 Å². The summed E-state index contributed by atoms with van der Waals surface area (Å²) >= 11 is 1.51. The summed E-state index contributed by atoms with van der Waals surface area (Å²) in [5, 5.41) is 2.02. The summed E-state index contributed by atoms with van der Waals surface area (Å²) in [5.41, 5.74) is 1.02. The molecule has 1 atom stereocenters. The van der Waals surface area contributed by atoms with Gasteiger partial charge in [0.15, 0.2) is 11.5 Å². The van der Waals surface area contributed by atoms with Gasteiger partial charge in [0.1, 0.15) is 6.61 Å². The van der Waals surface area contributed by atoms with Gasteiger partial charge >= 0.3 is 0 Å². The molecule has 1 aromatic carbocycles. The third-order valence-corrected chi connectivity index (χ3v) is 6.25. The summed E-state index contributed by atoms with van der Waals surface area (Å²) in [6.07, 6.45) is 2.48. The minimum atomic E-state index is 0.160. The molecule has 0 bridgehead atoms. The largest absolute Gasteiger partial charge is 0.490 e. The first-order chi connectivity index (χ1) is 13.2. The van der Waals surface area contributed by atoms with E-state index in [1.165, 1.54) is 30.7 Å². The lowest BCUT2D eigenvalue weighted by Gasteiger charge is -2.37. The van der Waals surface area contributed by atoms with E-state index < -0.39 is 0 Å². The van der Waals surface area contributed by atoms with Gasteiger partial charge in [0.25, 0.3) is 5.91 Å². The van der Waals surface area contributed by atoms with Gasteiger partial charge < -0.3 is 14.4 Å². The van der Waals surface area contributed by atoms with Crippen LogP contribution >= 0.6 is 11.3 Å². The molecule has 27 heavy (non-hydrogen) atoms. The second-order valence-electron chi connectivity index (χ2n) is 7.07. The molecule has 0 spiro atoms. The minimum Gasteiger partial charge on any atom is -0.490 e. The number of nitrogens with zero attached hydrogens (tertiary/aromatic N) is 2. The monoisotopic (exact) mass is 386 g/mol. The molecule has 2 aliphatic rings. The second-order valence-corrected chi connectivity index (χ2v) is 7.98. The SMILES string of the molecule is CCOc1ccccc1OCc1csc(C(=O)N2CCN3CCCC3C2)c1. The fourth-order valence-electron chi connectivity index (χ4n) is 3.90. The van der Waals surface area contributed by atoms with Gasteiger partial charge in [-0.3, -0.25) is 9.69 Å². The van der Waals surface area contributed by atoms with Crippen molar-refractivity contribution in [1.82, 2.24) is 9.80 Å². The molecule has 0 saturated carbocycles.